The highest BCUT2D eigenvalue weighted by molar-refractivity contribution is 5.97. The zero-order chi connectivity index (χ0) is 19.9. The summed E-state index contributed by atoms with van der Waals surface area (Å²) in [5, 5.41) is 22.8. The molecule has 3 aromatic rings. The van der Waals surface area contributed by atoms with Gasteiger partial charge in [0.2, 0.25) is 0 Å². The Balaban J connectivity index is 1.53. The van der Waals surface area contributed by atoms with Gasteiger partial charge in [0.05, 0.1) is 11.8 Å². The van der Waals surface area contributed by atoms with E-state index in [-0.39, 0.29) is 17.1 Å². The zero-order valence-electron chi connectivity index (χ0n) is 15.3. The summed E-state index contributed by atoms with van der Waals surface area (Å²) in [7, 11) is 0. The summed E-state index contributed by atoms with van der Waals surface area (Å²) >= 11 is 0. The highest BCUT2D eigenvalue weighted by Crippen LogP contribution is 2.22. The van der Waals surface area contributed by atoms with E-state index in [4.69, 9.17) is 4.74 Å². The maximum atomic E-state index is 12.0. The predicted molar refractivity (Wildman–Crippen MR) is 107 cm³/mol. The molecule has 0 bridgehead atoms. The molecule has 6 nitrogen and oxygen atoms in total. The first-order valence-electron chi connectivity index (χ1n) is 8.65. The molecule has 28 heavy (non-hydrogen) atoms. The van der Waals surface area contributed by atoms with Crippen LogP contribution >= 0.6 is 0 Å². The van der Waals surface area contributed by atoms with Crippen molar-refractivity contribution in [2.45, 2.75) is 13.5 Å². The molecule has 0 saturated heterocycles. The Morgan fingerprint density at radius 2 is 1.75 bits per heavy atom. The number of hydrazone groups is 1. The summed E-state index contributed by atoms with van der Waals surface area (Å²) in [5.74, 6) is -0.285. The number of benzene rings is 3. The van der Waals surface area contributed by atoms with Crippen LogP contribution in [-0.2, 0) is 6.61 Å². The lowest BCUT2D eigenvalue weighted by atomic mass is 10.2. The summed E-state index contributed by atoms with van der Waals surface area (Å²) in [6.07, 6.45) is 1.49. The fourth-order valence-corrected chi connectivity index (χ4v) is 2.44. The summed E-state index contributed by atoms with van der Waals surface area (Å²) < 4.78 is 5.75. The molecule has 3 rings (SSSR count). The van der Waals surface area contributed by atoms with Crippen molar-refractivity contribution in [3.63, 3.8) is 0 Å². The molecule has 3 aromatic carbocycles. The molecule has 1 amide bonds. The molecule has 0 aliphatic heterocycles. The van der Waals surface area contributed by atoms with Gasteiger partial charge >= 0.3 is 0 Å². The van der Waals surface area contributed by atoms with E-state index in [1.807, 2.05) is 55.5 Å². The van der Waals surface area contributed by atoms with Gasteiger partial charge in [-0.15, -0.1) is 0 Å². The molecule has 0 saturated carbocycles. The molecule has 142 valence electrons. The molecular weight excluding hydrogens is 356 g/mol. The second kappa shape index (κ2) is 8.73. The first-order valence-corrected chi connectivity index (χ1v) is 8.65. The van der Waals surface area contributed by atoms with Crippen LogP contribution in [0.4, 0.5) is 0 Å². The number of nitrogens with zero attached hydrogens (tertiary/aromatic N) is 1. The molecular formula is C22H20N2O4. The van der Waals surface area contributed by atoms with Crippen LogP contribution in [0.5, 0.6) is 17.2 Å². The lowest BCUT2D eigenvalue weighted by molar-refractivity contribution is 0.0952. The van der Waals surface area contributed by atoms with Gasteiger partial charge in [0.15, 0.2) is 0 Å². The smallest absolute Gasteiger partial charge is 0.275 e. The molecule has 0 aromatic heterocycles. The number of phenolic OH excluding ortho intramolecular Hbond substituents is 2. The quantitative estimate of drug-likeness (QED) is 0.451. The molecule has 0 heterocycles. The largest absolute Gasteiger partial charge is 0.508 e. The number of aromatic hydroxyl groups is 2. The van der Waals surface area contributed by atoms with E-state index in [1.54, 1.807) is 0 Å². The molecule has 0 aliphatic rings. The third kappa shape index (κ3) is 5.11. The molecule has 6 heteroatoms. The van der Waals surface area contributed by atoms with Gasteiger partial charge < -0.3 is 14.9 Å². The number of carbonyl (C=O) groups is 1. The summed E-state index contributed by atoms with van der Waals surface area (Å²) in [5.41, 5.74) is 5.43. The number of rotatable bonds is 6. The van der Waals surface area contributed by atoms with Gasteiger partial charge in [0, 0.05) is 6.07 Å². The third-order valence-electron chi connectivity index (χ3n) is 4.01. The minimum absolute atomic E-state index is 0.0230. The van der Waals surface area contributed by atoms with E-state index in [1.165, 1.54) is 23.9 Å². The van der Waals surface area contributed by atoms with Crippen molar-refractivity contribution in [1.82, 2.24) is 5.43 Å². The standard InChI is InChI=1S/C22H20N2O4/c1-15-2-4-17(5-3-15)14-28-19-9-6-16(7-10-19)13-23-24-22(27)20-11-8-18(25)12-21(20)26/h2-13,25-26H,14H2,1H3,(H,24,27). The van der Waals surface area contributed by atoms with Crippen molar-refractivity contribution in [2.75, 3.05) is 0 Å². The minimum atomic E-state index is -0.577. The van der Waals surface area contributed by atoms with Crippen LogP contribution in [-0.4, -0.2) is 22.3 Å². The zero-order valence-corrected chi connectivity index (χ0v) is 15.3. The number of carbonyl (C=O) groups excluding carboxylic acids is 1. The third-order valence-corrected chi connectivity index (χ3v) is 4.01. The summed E-state index contributed by atoms with van der Waals surface area (Å²) in [6, 6.07) is 19.2. The van der Waals surface area contributed by atoms with Gasteiger partial charge in [0.1, 0.15) is 23.9 Å². The maximum absolute atomic E-state index is 12.0. The van der Waals surface area contributed by atoms with Crippen molar-refractivity contribution >= 4 is 12.1 Å². The van der Waals surface area contributed by atoms with Crippen LogP contribution in [0, 0.1) is 6.92 Å². The number of phenols is 2. The van der Waals surface area contributed by atoms with Crippen LogP contribution < -0.4 is 10.2 Å². The first-order chi connectivity index (χ1) is 13.5. The number of hydrogen-bond donors (Lipinski definition) is 3. The van der Waals surface area contributed by atoms with Gasteiger partial charge in [-0.2, -0.15) is 5.10 Å². The topological polar surface area (TPSA) is 91.2 Å². The van der Waals surface area contributed by atoms with Crippen LogP contribution in [0.2, 0.25) is 0 Å². The Bertz CT molecular complexity index is 980. The molecule has 0 spiro atoms. The van der Waals surface area contributed by atoms with Gasteiger partial charge in [-0.25, -0.2) is 5.43 Å². The van der Waals surface area contributed by atoms with Crippen LogP contribution in [0.1, 0.15) is 27.0 Å². The highest BCUT2D eigenvalue weighted by atomic mass is 16.5. The SMILES string of the molecule is Cc1ccc(COc2ccc(C=NNC(=O)c3ccc(O)cc3O)cc2)cc1. The predicted octanol–water partition coefficient (Wildman–Crippen LogP) is 3.75. The van der Waals surface area contributed by atoms with E-state index < -0.39 is 5.91 Å². The van der Waals surface area contributed by atoms with E-state index in [9.17, 15) is 15.0 Å². The Hall–Kier alpha value is -3.80. The van der Waals surface area contributed by atoms with Crippen molar-refractivity contribution in [3.8, 4) is 17.2 Å². The van der Waals surface area contributed by atoms with Crippen molar-refractivity contribution in [1.29, 1.82) is 0 Å². The van der Waals surface area contributed by atoms with Crippen molar-refractivity contribution in [3.05, 3.63) is 89.0 Å². The molecule has 0 aliphatic carbocycles. The molecule has 0 radical (unpaired) electrons. The second-order valence-electron chi connectivity index (χ2n) is 6.24. The Morgan fingerprint density at radius 3 is 2.43 bits per heavy atom. The maximum Gasteiger partial charge on any atom is 0.275 e. The molecule has 0 unspecified atom stereocenters. The van der Waals surface area contributed by atoms with Gasteiger partial charge in [0.25, 0.3) is 5.91 Å². The lowest BCUT2D eigenvalue weighted by Gasteiger charge is -2.07. The Kier molecular flexibility index (Phi) is 5.91. The number of nitrogens with one attached hydrogen (secondary N) is 1. The average molecular weight is 376 g/mol. The molecule has 3 N–H and O–H groups in total. The van der Waals surface area contributed by atoms with Crippen molar-refractivity contribution in [2.24, 2.45) is 5.10 Å². The Morgan fingerprint density at radius 1 is 1.04 bits per heavy atom. The fraction of sp³-hybridized carbons (Fsp3) is 0.0909. The number of amides is 1. The monoisotopic (exact) mass is 376 g/mol. The van der Waals surface area contributed by atoms with Crippen LogP contribution in [0.3, 0.4) is 0 Å². The van der Waals surface area contributed by atoms with E-state index in [0.29, 0.717) is 6.61 Å². The minimum Gasteiger partial charge on any atom is -0.508 e. The number of ether oxygens (including phenoxy) is 1. The summed E-state index contributed by atoms with van der Waals surface area (Å²) in [4.78, 5) is 12.0. The van der Waals surface area contributed by atoms with Gasteiger partial charge in [-0.3, -0.25) is 4.79 Å². The van der Waals surface area contributed by atoms with Crippen molar-refractivity contribution < 1.29 is 19.7 Å². The highest BCUT2D eigenvalue weighted by Gasteiger charge is 2.10. The fourth-order valence-electron chi connectivity index (χ4n) is 2.44. The Labute approximate surface area is 162 Å². The molecule has 0 fully saturated rings. The van der Waals surface area contributed by atoms with Crippen LogP contribution in [0.15, 0.2) is 71.8 Å². The van der Waals surface area contributed by atoms with Gasteiger partial charge in [-0.05, 0) is 54.4 Å². The lowest BCUT2D eigenvalue weighted by Crippen LogP contribution is -2.17. The number of hydrogen-bond acceptors (Lipinski definition) is 5. The van der Waals surface area contributed by atoms with E-state index in [0.717, 1.165) is 22.9 Å². The first kappa shape index (κ1) is 19.0. The van der Waals surface area contributed by atoms with E-state index >= 15 is 0 Å². The normalized spacial score (nSPS) is 10.8. The second-order valence-corrected chi connectivity index (χ2v) is 6.24. The van der Waals surface area contributed by atoms with Gasteiger partial charge in [-0.1, -0.05) is 29.8 Å². The summed E-state index contributed by atoms with van der Waals surface area (Å²) in [6.45, 7) is 2.53. The number of aryl methyl sites for hydroxylation is 1. The molecule has 0 atom stereocenters. The average Bonchev–Trinajstić information content (AvgIpc) is 2.68. The van der Waals surface area contributed by atoms with E-state index in [2.05, 4.69) is 10.5 Å². The van der Waals surface area contributed by atoms with Crippen LogP contribution in [0.25, 0.3) is 0 Å².